The molecule has 20 heavy (non-hydrogen) atoms. The number of nitrogens with zero attached hydrogens (tertiary/aromatic N) is 1. The highest BCUT2D eigenvalue weighted by Gasteiger charge is 2.23. The van der Waals surface area contributed by atoms with Crippen LogP contribution in [0.2, 0.25) is 0 Å². The highest BCUT2D eigenvalue weighted by atomic mass is 19.1. The highest BCUT2D eigenvalue weighted by molar-refractivity contribution is 5.99. The van der Waals surface area contributed by atoms with Gasteiger partial charge in [0.15, 0.2) is 5.82 Å². The number of halogens is 1. The molecule has 0 unspecified atom stereocenters. The predicted octanol–water partition coefficient (Wildman–Crippen LogP) is 2.69. The summed E-state index contributed by atoms with van der Waals surface area (Å²) in [5, 5.41) is 16.3. The Hall–Kier alpha value is -2.18. The monoisotopic (exact) mass is 283 g/mol. The van der Waals surface area contributed by atoms with Crippen LogP contribution in [0, 0.1) is 15.9 Å². The van der Waals surface area contributed by atoms with Gasteiger partial charge in [0.2, 0.25) is 0 Å². The first-order chi connectivity index (χ1) is 9.36. The van der Waals surface area contributed by atoms with Crippen LogP contribution in [-0.4, -0.2) is 23.4 Å². The predicted molar refractivity (Wildman–Crippen MR) is 74.4 cm³/mol. The van der Waals surface area contributed by atoms with Gasteiger partial charge in [-0.05, 0) is 26.3 Å². The lowest BCUT2D eigenvalue weighted by molar-refractivity contribution is -0.385. The molecular weight excluding hydrogens is 265 g/mol. The number of hydrogen-bond donors (Lipinski definition) is 2. The van der Waals surface area contributed by atoms with E-state index in [-0.39, 0.29) is 17.3 Å². The maximum Gasteiger partial charge on any atom is 0.285 e. The van der Waals surface area contributed by atoms with Crippen molar-refractivity contribution in [2.24, 2.45) is 0 Å². The van der Waals surface area contributed by atoms with E-state index in [2.05, 4.69) is 10.6 Å². The molecule has 0 aliphatic rings. The lowest BCUT2D eigenvalue weighted by Crippen LogP contribution is -2.30. The van der Waals surface area contributed by atoms with Crippen molar-refractivity contribution < 1.29 is 14.1 Å². The zero-order chi connectivity index (χ0) is 15.3. The third-order valence-electron chi connectivity index (χ3n) is 2.51. The number of rotatable bonds is 6. The lowest BCUT2D eigenvalue weighted by Gasteiger charge is -2.11. The Bertz CT molecular complexity index is 518. The van der Waals surface area contributed by atoms with Gasteiger partial charge in [-0.2, -0.15) is 0 Å². The summed E-state index contributed by atoms with van der Waals surface area (Å²) in [5.74, 6) is -1.34. The zero-order valence-corrected chi connectivity index (χ0v) is 11.7. The fraction of sp³-hybridized carbons (Fsp3) is 0.462. The van der Waals surface area contributed by atoms with E-state index in [1.807, 2.05) is 6.92 Å². The first kappa shape index (κ1) is 15.9. The molecule has 6 nitrogen and oxygen atoms in total. The fourth-order valence-corrected chi connectivity index (χ4v) is 1.63. The molecule has 0 heterocycles. The van der Waals surface area contributed by atoms with Gasteiger partial charge in [-0.25, -0.2) is 4.39 Å². The van der Waals surface area contributed by atoms with Gasteiger partial charge in [-0.15, -0.1) is 0 Å². The fourth-order valence-electron chi connectivity index (χ4n) is 1.63. The number of hydrogen-bond acceptors (Lipinski definition) is 4. The van der Waals surface area contributed by atoms with E-state index in [0.29, 0.717) is 6.54 Å². The van der Waals surface area contributed by atoms with E-state index < -0.39 is 22.3 Å². The molecule has 110 valence electrons. The number of amides is 1. The first-order valence-electron chi connectivity index (χ1n) is 6.39. The van der Waals surface area contributed by atoms with Gasteiger partial charge < -0.3 is 10.6 Å². The summed E-state index contributed by atoms with van der Waals surface area (Å²) in [7, 11) is 0. The normalized spacial score (nSPS) is 10.4. The van der Waals surface area contributed by atoms with Crippen molar-refractivity contribution in [3.05, 3.63) is 33.6 Å². The number of nitro benzene ring substituents is 1. The highest BCUT2D eigenvalue weighted by Crippen LogP contribution is 2.26. The van der Waals surface area contributed by atoms with Gasteiger partial charge in [-0.3, -0.25) is 14.9 Å². The van der Waals surface area contributed by atoms with Crippen molar-refractivity contribution in [2.75, 3.05) is 11.9 Å². The summed E-state index contributed by atoms with van der Waals surface area (Å²) < 4.78 is 13.7. The summed E-state index contributed by atoms with van der Waals surface area (Å²) in [4.78, 5) is 22.1. The minimum Gasteiger partial charge on any atom is -0.383 e. The van der Waals surface area contributed by atoms with Gasteiger partial charge in [0.1, 0.15) is 5.56 Å². The van der Waals surface area contributed by atoms with E-state index in [0.717, 1.165) is 12.5 Å². The van der Waals surface area contributed by atoms with Gasteiger partial charge in [0.05, 0.1) is 16.7 Å². The average molecular weight is 283 g/mol. The minimum atomic E-state index is -0.762. The van der Waals surface area contributed by atoms with E-state index in [1.165, 1.54) is 6.07 Å². The first-order valence-corrected chi connectivity index (χ1v) is 6.39. The molecular formula is C13H18FN3O3. The van der Waals surface area contributed by atoms with Crippen molar-refractivity contribution in [1.29, 1.82) is 0 Å². The Morgan fingerprint density at radius 2 is 2.10 bits per heavy atom. The average Bonchev–Trinajstić information content (AvgIpc) is 2.35. The molecule has 0 saturated carbocycles. The Labute approximate surface area is 116 Å². The molecule has 0 atom stereocenters. The quantitative estimate of drug-likeness (QED) is 0.621. The smallest absolute Gasteiger partial charge is 0.285 e. The van der Waals surface area contributed by atoms with E-state index in [4.69, 9.17) is 0 Å². The van der Waals surface area contributed by atoms with Crippen LogP contribution in [0.15, 0.2) is 12.1 Å². The Balaban J connectivity index is 3.22. The van der Waals surface area contributed by atoms with Crippen LogP contribution in [0.1, 0.15) is 37.6 Å². The molecule has 1 amide bonds. The second kappa shape index (κ2) is 6.83. The van der Waals surface area contributed by atoms with Gasteiger partial charge in [-0.1, -0.05) is 6.92 Å². The molecule has 0 radical (unpaired) electrons. The van der Waals surface area contributed by atoms with Crippen LogP contribution in [0.25, 0.3) is 0 Å². The van der Waals surface area contributed by atoms with Crippen LogP contribution in [0.4, 0.5) is 15.8 Å². The Kier molecular flexibility index (Phi) is 5.42. The number of carbonyl (C=O) groups excluding carboxylic acids is 1. The molecule has 0 aromatic heterocycles. The third-order valence-corrected chi connectivity index (χ3v) is 2.51. The van der Waals surface area contributed by atoms with Crippen LogP contribution >= 0.6 is 0 Å². The van der Waals surface area contributed by atoms with Crippen LogP contribution in [0.5, 0.6) is 0 Å². The van der Waals surface area contributed by atoms with Crippen LogP contribution in [0.3, 0.4) is 0 Å². The van der Waals surface area contributed by atoms with Crippen molar-refractivity contribution >= 4 is 17.3 Å². The van der Waals surface area contributed by atoms with Crippen LogP contribution < -0.4 is 10.6 Å². The molecule has 0 aliphatic carbocycles. The molecule has 2 N–H and O–H groups in total. The second-order valence-electron chi connectivity index (χ2n) is 4.66. The molecule has 1 aromatic carbocycles. The van der Waals surface area contributed by atoms with Crippen LogP contribution in [-0.2, 0) is 0 Å². The minimum absolute atomic E-state index is 0.0892. The van der Waals surface area contributed by atoms with Crippen molar-refractivity contribution in [1.82, 2.24) is 5.32 Å². The lowest BCUT2D eigenvalue weighted by atomic mass is 10.1. The van der Waals surface area contributed by atoms with E-state index in [1.54, 1.807) is 13.8 Å². The number of anilines is 1. The standard InChI is InChI=1S/C13H18FN3O3/c1-4-5-15-11-6-9(13(18)16-8(2)3)12(17(19)20)7-10(11)14/h6-8,15H,4-5H2,1-3H3,(H,16,18). The Morgan fingerprint density at radius 3 is 2.60 bits per heavy atom. The molecule has 1 rings (SSSR count). The molecule has 0 bridgehead atoms. The third kappa shape index (κ3) is 3.91. The van der Waals surface area contributed by atoms with E-state index in [9.17, 15) is 19.3 Å². The van der Waals surface area contributed by atoms with Crippen molar-refractivity contribution in [3.8, 4) is 0 Å². The SMILES string of the molecule is CCCNc1cc(C(=O)NC(C)C)c([N+](=O)[O-])cc1F. The topological polar surface area (TPSA) is 84.3 Å². The largest absolute Gasteiger partial charge is 0.383 e. The molecule has 0 saturated heterocycles. The van der Waals surface area contributed by atoms with Crippen molar-refractivity contribution in [2.45, 2.75) is 33.2 Å². The van der Waals surface area contributed by atoms with E-state index >= 15 is 0 Å². The van der Waals surface area contributed by atoms with Gasteiger partial charge in [0.25, 0.3) is 11.6 Å². The molecule has 0 spiro atoms. The van der Waals surface area contributed by atoms with Crippen molar-refractivity contribution in [3.63, 3.8) is 0 Å². The molecule has 7 heteroatoms. The van der Waals surface area contributed by atoms with Gasteiger partial charge in [0, 0.05) is 12.6 Å². The Morgan fingerprint density at radius 1 is 1.45 bits per heavy atom. The number of nitro groups is 1. The van der Waals surface area contributed by atoms with Gasteiger partial charge >= 0.3 is 0 Å². The molecule has 0 aliphatic heterocycles. The summed E-state index contributed by atoms with van der Waals surface area (Å²) in [6.45, 7) is 5.90. The molecule has 1 aromatic rings. The molecule has 0 fully saturated rings. The summed E-state index contributed by atoms with van der Waals surface area (Å²) >= 11 is 0. The summed E-state index contributed by atoms with van der Waals surface area (Å²) in [6, 6.07) is 1.79. The summed E-state index contributed by atoms with van der Waals surface area (Å²) in [6.07, 6.45) is 0.768. The second-order valence-corrected chi connectivity index (χ2v) is 4.66. The zero-order valence-electron chi connectivity index (χ0n) is 11.7. The number of carbonyl (C=O) groups is 1. The number of nitrogens with one attached hydrogen (secondary N) is 2. The number of benzene rings is 1. The maximum absolute atomic E-state index is 13.7. The summed E-state index contributed by atoms with van der Waals surface area (Å²) in [5.41, 5.74) is -0.599. The maximum atomic E-state index is 13.7.